The third-order valence-electron chi connectivity index (χ3n) is 14.3. The van der Waals surface area contributed by atoms with Gasteiger partial charge in [0.25, 0.3) is 11.8 Å². The molecule has 380 valence electrons. The molecule has 2 aromatic rings. The zero-order valence-corrected chi connectivity index (χ0v) is 39.1. The first kappa shape index (κ1) is 50.7. The molecule has 22 nitrogen and oxygen atoms in total. The van der Waals surface area contributed by atoms with E-state index < -0.39 is 114 Å². The molecule has 1 fully saturated rings. The molecule has 0 aromatic heterocycles. The quantitative estimate of drug-likeness (QED) is 0.0448. The summed E-state index contributed by atoms with van der Waals surface area (Å²) in [6.45, 7) is -1.91. The Bertz CT molecular complexity index is 2660. The molecule has 10 unspecified atom stereocenters. The van der Waals surface area contributed by atoms with Gasteiger partial charge in [0.2, 0.25) is 12.1 Å². The summed E-state index contributed by atoms with van der Waals surface area (Å²) in [6, 6.07) is 2.02. The largest absolute Gasteiger partial charge is 0.507 e. The molecule has 0 bridgehead atoms. The molecule has 4 heterocycles. The van der Waals surface area contributed by atoms with Crippen molar-refractivity contribution in [1.82, 2.24) is 20.9 Å². The number of amides is 2. The van der Waals surface area contributed by atoms with Crippen molar-refractivity contribution in [1.29, 1.82) is 0 Å². The maximum absolute atomic E-state index is 15.2. The van der Waals surface area contributed by atoms with Crippen molar-refractivity contribution in [2.45, 2.75) is 87.0 Å². The lowest BCUT2D eigenvalue weighted by Gasteiger charge is -2.49. The smallest absolute Gasteiger partial charge is 0.253 e. The van der Waals surface area contributed by atoms with Gasteiger partial charge >= 0.3 is 0 Å². The number of phenols is 1. The van der Waals surface area contributed by atoms with Gasteiger partial charge in [0.05, 0.1) is 49.5 Å². The average molecular weight is 985 g/mol. The van der Waals surface area contributed by atoms with Gasteiger partial charge in [0.1, 0.15) is 41.2 Å². The molecule has 22 heteroatoms. The van der Waals surface area contributed by atoms with Crippen molar-refractivity contribution < 1.29 is 69.1 Å². The molecule has 0 radical (unpaired) electrons. The van der Waals surface area contributed by atoms with Crippen LogP contribution in [0.1, 0.15) is 92.6 Å². The monoisotopic (exact) mass is 984 g/mol. The number of ketones is 2. The number of guanidine groups is 1. The van der Waals surface area contributed by atoms with Gasteiger partial charge in [-0.3, -0.25) is 29.1 Å². The minimum Gasteiger partial charge on any atom is -0.507 e. The van der Waals surface area contributed by atoms with E-state index in [4.69, 9.17) is 31.4 Å². The Balaban J connectivity index is 1.19. The molecule has 16 N–H and O–H groups in total. The number of nitrogens with one attached hydrogen (secondary N) is 3. The molecular weight excluding hydrogens is 925 g/mol. The van der Waals surface area contributed by atoms with E-state index in [0.717, 1.165) is 28.7 Å². The van der Waals surface area contributed by atoms with Crippen LogP contribution in [0.3, 0.4) is 0 Å². The minimum atomic E-state index is -2.49. The molecule has 0 saturated carbocycles. The Kier molecular flexibility index (Phi) is 14.7. The Labute approximate surface area is 407 Å². The van der Waals surface area contributed by atoms with E-state index in [9.17, 15) is 45.3 Å². The van der Waals surface area contributed by atoms with Crippen LogP contribution in [0, 0.1) is 11.8 Å². The van der Waals surface area contributed by atoms with Crippen LogP contribution in [0.2, 0.25) is 0 Å². The number of aliphatic hydroxyl groups excluding tert-OH is 5. The molecule has 2 aliphatic carbocycles. The average Bonchev–Trinajstić information content (AvgIpc) is 3.68. The van der Waals surface area contributed by atoms with Gasteiger partial charge in [0.15, 0.2) is 11.7 Å². The Morgan fingerprint density at radius 3 is 2.41 bits per heavy atom. The fourth-order valence-corrected chi connectivity index (χ4v) is 10.8. The number of phenolic OH excluding ortho intramolecular Hbond substituents is 1. The number of nitrogens with zero attached hydrogens (tertiary/aromatic N) is 2. The Morgan fingerprint density at radius 2 is 1.77 bits per heavy atom. The lowest BCUT2D eigenvalue weighted by molar-refractivity contribution is -0.316. The van der Waals surface area contributed by atoms with Crippen LogP contribution < -0.4 is 42.6 Å². The number of carbonyl (C=O) groups is 4. The summed E-state index contributed by atoms with van der Waals surface area (Å²) in [7, 11) is 2.72. The maximum atomic E-state index is 15.2. The highest BCUT2D eigenvalue weighted by Gasteiger charge is 2.57. The lowest BCUT2D eigenvalue weighted by Crippen LogP contribution is -2.68. The van der Waals surface area contributed by atoms with Crippen molar-refractivity contribution in [3.63, 3.8) is 0 Å². The number of aliphatic hydroxyl groups is 6. The van der Waals surface area contributed by atoms with E-state index in [0.29, 0.717) is 36.8 Å². The van der Waals surface area contributed by atoms with E-state index >= 15 is 9.59 Å². The second-order valence-electron chi connectivity index (χ2n) is 18.4. The molecular formula is C49H60N8O14. The predicted octanol–water partition coefficient (Wildman–Crippen LogP) is -1.35. The van der Waals surface area contributed by atoms with Gasteiger partial charge in [-0.1, -0.05) is 12.2 Å². The Morgan fingerprint density at radius 1 is 1.03 bits per heavy atom. The van der Waals surface area contributed by atoms with E-state index in [1.165, 1.54) is 20.2 Å². The molecule has 1 saturated heterocycles. The second kappa shape index (κ2) is 20.6. The number of imide groups is 1. The first-order valence-electron chi connectivity index (χ1n) is 23.3. The molecule has 71 heavy (non-hydrogen) atoms. The summed E-state index contributed by atoms with van der Waals surface area (Å²) in [6.07, 6.45) is 3.81. The van der Waals surface area contributed by atoms with Crippen LogP contribution in [-0.4, -0.2) is 147 Å². The van der Waals surface area contributed by atoms with E-state index in [1.54, 1.807) is 24.4 Å². The fraction of sp³-hybridized carbons (Fsp3) is 0.449. The Hall–Kier alpha value is -6.63. The molecule has 6 aliphatic rings. The topological polar surface area (TPSA) is 367 Å². The fourth-order valence-electron chi connectivity index (χ4n) is 10.8. The second-order valence-corrected chi connectivity index (χ2v) is 18.4. The summed E-state index contributed by atoms with van der Waals surface area (Å²) in [5, 5.41) is 89.0. The molecule has 4 aliphatic heterocycles. The summed E-state index contributed by atoms with van der Waals surface area (Å²) < 4.78 is 17.8. The van der Waals surface area contributed by atoms with Crippen molar-refractivity contribution >= 4 is 29.3 Å². The van der Waals surface area contributed by atoms with E-state index in [1.807, 2.05) is 6.08 Å². The SMILES string of the molecule is CN=C(N)NC1CCC(C(CCCO)C2=CNC(N)C=C2)c2cc3c(c(O)c21)C(=O)c1c(OC2OC(CO)C(O)(CC(CN4C(=O)C=CC4=O)C4=CCNC(N)=C4)C(O)C2O)cc(OC)c(CO)c1C3=O. The molecule has 0 spiro atoms. The van der Waals surface area contributed by atoms with Gasteiger partial charge in [-0.2, -0.15) is 0 Å². The number of dihydropyridines is 2. The van der Waals surface area contributed by atoms with Crippen molar-refractivity contribution in [2.75, 3.05) is 40.5 Å². The number of aromatic hydroxyl groups is 1. The number of hydrogen-bond acceptors (Lipinski definition) is 19. The van der Waals surface area contributed by atoms with Crippen molar-refractivity contribution in [3.8, 4) is 17.2 Å². The zero-order valence-electron chi connectivity index (χ0n) is 39.1. The van der Waals surface area contributed by atoms with Gasteiger partial charge < -0.3 is 83.1 Å². The van der Waals surface area contributed by atoms with Crippen LogP contribution >= 0.6 is 0 Å². The maximum Gasteiger partial charge on any atom is 0.253 e. The number of allylic oxidation sites excluding steroid dienone is 3. The molecule has 2 aromatic carbocycles. The minimum absolute atomic E-state index is 0.0448. The molecule has 2 amide bonds. The number of methoxy groups -OCH3 is 1. The number of fused-ring (bicyclic) bond motifs is 3. The third kappa shape index (κ3) is 9.28. The van der Waals surface area contributed by atoms with Crippen LogP contribution in [0.4, 0.5) is 0 Å². The zero-order chi connectivity index (χ0) is 51.1. The van der Waals surface area contributed by atoms with Gasteiger partial charge in [-0.25, -0.2) is 0 Å². The first-order chi connectivity index (χ1) is 34.0. The van der Waals surface area contributed by atoms with Gasteiger partial charge in [-0.05, 0) is 78.9 Å². The number of hydrogen-bond donors (Lipinski definition) is 13. The summed E-state index contributed by atoms with van der Waals surface area (Å²) >= 11 is 0. The summed E-state index contributed by atoms with van der Waals surface area (Å²) in [5.74, 6) is -5.35. The number of carbonyl (C=O) groups excluding carboxylic acids is 4. The highest BCUT2D eigenvalue weighted by atomic mass is 16.7. The third-order valence-corrected chi connectivity index (χ3v) is 14.3. The first-order valence-corrected chi connectivity index (χ1v) is 23.3. The normalized spacial score (nSPS) is 27.9. The predicted molar refractivity (Wildman–Crippen MR) is 253 cm³/mol. The highest BCUT2D eigenvalue weighted by Crippen LogP contribution is 2.53. The van der Waals surface area contributed by atoms with Crippen molar-refractivity contribution in [3.05, 3.63) is 111 Å². The van der Waals surface area contributed by atoms with Gasteiger partial charge in [-0.15, -0.1) is 0 Å². The standard InChI is InChI=1S/C49H60N8O14/c1-53-48(52)56-30-7-6-26(25(4-3-13-58)23-5-8-34(50)55-18-23)27-15-28-40(43(64)38(27)30)44(65)41-32(16-31(69-2)29(20-59)39(41)42(28)63)70-47-45(66)46(67)49(68,33(21-60)71-47)17-24(22-11-12-54-35(51)14-22)19-57-36(61)9-10-37(57)62/h5,8-11,14-16,18,24-26,30,33-34,45-47,54-55,58-60,64,66-68H,3-4,6-7,12-13,17,19-21,50-51H2,1-2H3,(H3,52,53,56). The number of ether oxygens (including phenoxy) is 3. The highest BCUT2D eigenvalue weighted by molar-refractivity contribution is 6.31. The van der Waals surface area contributed by atoms with Crippen LogP contribution in [0.15, 0.2) is 76.7 Å². The lowest BCUT2D eigenvalue weighted by atomic mass is 9.67. The van der Waals surface area contributed by atoms with E-state index in [-0.39, 0.29) is 71.3 Å². The molecule has 10 atom stereocenters. The summed E-state index contributed by atoms with van der Waals surface area (Å²) in [5.41, 5.74) is 16.5. The van der Waals surface area contributed by atoms with Crippen LogP contribution in [0.25, 0.3) is 0 Å². The van der Waals surface area contributed by atoms with Gasteiger partial charge in [0, 0.05) is 79.3 Å². The summed E-state index contributed by atoms with van der Waals surface area (Å²) in [4.78, 5) is 60.6. The van der Waals surface area contributed by atoms with Crippen LogP contribution in [0.5, 0.6) is 17.2 Å². The number of nitrogens with two attached hydrogens (primary N) is 3. The van der Waals surface area contributed by atoms with Crippen molar-refractivity contribution in [2.24, 2.45) is 34.0 Å². The van der Waals surface area contributed by atoms with Crippen LogP contribution in [-0.2, 0) is 20.9 Å². The number of aliphatic imine (C=N–C) groups is 1. The number of rotatable bonds is 16. The number of benzene rings is 2. The molecule has 8 rings (SSSR count). The van der Waals surface area contributed by atoms with E-state index in [2.05, 4.69) is 20.9 Å².